The molecule has 2 aromatic heterocycles. The molecule has 3 aromatic rings. The summed E-state index contributed by atoms with van der Waals surface area (Å²) in [5, 5.41) is 8.15. The Morgan fingerprint density at radius 2 is 2.07 bits per heavy atom. The maximum atomic E-state index is 12.9. The zero-order valence-corrected chi connectivity index (χ0v) is 17.3. The molecule has 0 aliphatic carbocycles. The summed E-state index contributed by atoms with van der Waals surface area (Å²) in [7, 11) is 0. The van der Waals surface area contributed by atoms with Gasteiger partial charge in [-0.3, -0.25) is 0 Å². The largest absolute Gasteiger partial charge is 0.358 e. The Bertz CT molecular complexity index is 1060. The van der Waals surface area contributed by atoms with Crippen molar-refractivity contribution in [2.24, 2.45) is 5.92 Å². The summed E-state index contributed by atoms with van der Waals surface area (Å²) in [6, 6.07) is 7.94. The standard InChI is InChI=1S/C22H27N5O2/c1-13(2)20(21-24-15(4)26-29-21)25-22(28)27-11-9-16(10-12-27)19-14(3)23-18-8-6-5-7-17(18)19/h5-9,13,20,23H,10-12H2,1-4H3,(H,25,28). The lowest BCUT2D eigenvalue weighted by atomic mass is 9.97. The summed E-state index contributed by atoms with van der Waals surface area (Å²) < 4.78 is 5.29. The number of aromatic nitrogens is 3. The van der Waals surface area contributed by atoms with E-state index in [1.54, 1.807) is 6.92 Å². The number of hydrogen-bond acceptors (Lipinski definition) is 4. The molecule has 0 bridgehead atoms. The first-order chi connectivity index (χ1) is 13.9. The molecule has 0 saturated heterocycles. The van der Waals surface area contributed by atoms with E-state index in [-0.39, 0.29) is 18.0 Å². The van der Waals surface area contributed by atoms with Gasteiger partial charge in [0, 0.05) is 35.2 Å². The fourth-order valence-electron chi connectivity index (χ4n) is 3.95. The number of carbonyl (C=O) groups is 1. The Kier molecular flexibility index (Phi) is 5.13. The number of H-pyrrole nitrogens is 1. The monoisotopic (exact) mass is 393 g/mol. The third-order valence-electron chi connectivity index (χ3n) is 5.47. The van der Waals surface area contributed by atoms with Crippen LogP contribution >= 0.6 is 0 Å². The van der Waals surface area contributed by atoms with E-state index in [1.807, 2.05) is 24.8 Å². The maximum absolute atomic E-state index is 12.9. The van der Waals surface area contributed by atoms with Gasteiger partial charge in [0.1, 0.15) is 6.04 Å². The fourth-order valence-corrected chi connectivity index (χ4v) is 3.95. The number of para-hydroxylation sites is 1. The van der Waals surface area contributed by atoms with Gasteiger partial charge in [0.15, 0.2) is 5.82 Å². The molecule has 0 spiro atoms. The number of amides is 2. The summed E-state index contributed by atoms with van der Waals surface area (Å²) >= 11 is 0. The van der Waals surface area contributed by atoms with E-state index in [4.69, 9.17) is 4.52 Å². The molecule has 1 aromatic carbocycles. The molecule has 7 nitrogen and oxygen atoms in total. The molecule has 3 heterocycles. The molecule has 2 amide bonds. The average Bonchev–Trinajstić information content (AvgIpc) is 3.28. The number of rotatable bonds is 4. The maximum Gasteiger partial charge on any atom is 0.318 e. The number of hydrogen-bond donors (Lipinski definition) is 2. The van der Waals surface area contributed by atoms with Gasteiger partial charge in [-0.25, -0.2) is 4.79 Å². The van der Waals surface area contributed by atoms with Gasteiger partial charge in [0.25, 0.3) is 0 Å². The van der Waals surface area contributed by atoms with Gasteiger partial charge >= 0.3 is 6.03 Å². The van der Waals surface area contributed by atoms with Crippen LogP contribution in [-0.2, 0) is 0 Å². The number of aryl methyl sites for hydroxylation is 2. The normalized spacial score (nSPS) is 15.6. The van der Waals surface area contributed by atoms with Crippen LogP contribution in [0, 0.1) is 19.8 Å². The van der Waals surface area contributed by atoms with Gasteiger partial charge in [-0.2, -0.15) is 4.98 Å². The second-order valence-corrected chi connectivity index (χ2v) is 7.95. The minimum Gasteiger partial charge on any atom is -0.358 e. The van der Waals surface area contributed by atoms with Crippen LogP contribution in [0.15, 0.2) is 34.9 Å². The lowest BCUT2D eigenvalue weighted by Crippen LogP contribution is -2.44. The molecule has 29 heavy (non-hydrogen) atoms. The minimum absolute atomic E-state index is 0.106. The summed E-state index contributed by atoms with van der Waals surface area (Å²) in [6.45, 7) is 9.18. The van der Waals surface area contributed by atoms with Crippen LogP contribution in [0.4, 0.5) is 4.79 Å². The predicted octanol–water partition coefficient (Wildman–Crippen LogP) is 4.36. The van der Waals surface area contributed by atoms with Crippen molar-refractivity contribution in [1.82, 2.24) is 25.3 Å². The second kappa shape index (κ2) is 7.73. The van der Waals surface area contributed by atoms with E-state index in [9.17, 15) is 4.79 Å². The molecule has 7 heteroatoms. The Hall–Kier alpha value is -3.09. The van der Waals surface area contributed by atoms with Crippen molar-refractivity contribution in [1.29, 1.82) is 0 Å². The van der Waals surface area contributed by atoms with Crippen LogP contribution in [-0.4, -0.2) is 39.1 Å². The fraction of sp³-hybridized carbons (Fsp3) is 0.409. The lowest BCUT2D eigenvalue weighted by Gasteiger charge is -2.29. The molecule has 0 saturated carbocycles. The van der Waals surface area contributed by atoms with E-state index < -0.39 is 0 Å². The van der Waals surface area contributed by atoms with Crippen molar-refractivity contribution >= 4 is 22.5 Å². The van der Waals surface area contributed by atoms with Gasteiger partial charge in [-0.15, -0.1) is 0 Å². The predicted molar refractivity (Wildman–Crippen MR) is 112 cm³/mol. The Morgan fingerprint density at radius 3 is 2.72 bits per heavy atom. The molecule has 2 N–H and O–H groups in total. The van der Waals surface area contributed by atoms with Gasteiger partial charge < -0.3 is 19.7 Å². The highest BCUT2D eigenvalue weighted by Crippen LogP contribution is 2.32. The average molecular weight is 393 g/mol. The van der Waals surface area contributed by atoms with Gasteiger partial charge in [0.05, 0.1) is 0 Å². The lowest BCUT2D eigenvalue weighted by molar-refractivity contribution is 0.189. The molecular weight excluding hydrogens is 366 g/mol. The molecule has 1 aliphatic rings. The smallest absolute Gasteiger partial charge is 0.318 e. The van der Waals surface area contributed by atoms with Crippen LogP contribution in [0.1, 0.15) is 49.3 Å². The van der Waals surface area contributed by atoms with E-state index >= 15 is 0 Å². The Morgan fingerprint density at radius 1 is 1.28 bits per heavy atom. The van der Waals surface area contributed by atoms with Crippen molar-refractivity contribution in [2.45, 2.75) is 40.2 Å². The summed E-state index contributed by atoms with van der Waals surface area (Å²) in [6.07, 6.45) is 2.98. The minimum atomic E-state index is -0.301. The molecule has 1 atom stereocenters. The molecule has 1 unspecified atom stereocenters. The molecule has 152 valence electrons. The van der Waals surface area contributed by atoms with Crippen LogP contribution in [0.5, 0.6) is 0 Å². The van der Waals surface area contributed by atoms with E-state index in [2.05, 4.69) is 51.6 Å². The quantitative estimate of drug-likeness (QED) is 0.689. The van der Waals surface area contributed by atoms with Crippen molar-refractivity contribution in [3.05, 3.63) is 53.3 Å². The number of nitrogens with one attached hydrogen (secondary N) is 2. The number of nitrogens with zero attached hydrogens (tertiary/aromatic N) is 3. The van der Waals surface area contributed by atoms with Crippen LogP contribution in [0.25, 0.3) is 16.5 Å². The first-order valence-corrected chi connectivity index (χ1v) is 10.1. The van der Waals surface area contributed by atoms with Crippen molar-refractivity contribution in [3.63, 3.8) is 0 Å². The molecule has 0 fully saturated rings. The summed E-state index contributed by atoms with van der Waals surface area (Å²) in [5.41, 5.74) is 4.87. The van der Waals surface area contributed by atoms with Gasteiger partial charge in [-0.1, -0.05) is 43.3 Å². The van der Waals surface area contributed by atoms with Crippen LogP contribution in [0.2, 0.25) is 0 Å². The van der Waals surface area contributed by atoms with Crippen LogP contribution in [0.3, 0.4) is 0 Å². The highest BCUT2D eigenvalue weighted by molar-refractivity contribution is 5.94. The van der Waals surface area contributed by atoms with Crippen LogP contribution < -0.4 is 5.32 Å². The van der Waals surface area contributed by atoms with Gasteiger partial charge in [-0.05, 0) is 37.8 Å². The molecule has 0 radical (unpaired) electrons. The first kappa shape index (κ1) is 19.2. The number of aromatic amines is 1. The van der Waals surface area contributed by atoms with E-state index in [0.717, 1.165) is 11.9 Å². The Labute approximate surface area is 170 Å². The number of benzene rings is 1. The van der Waals surface area contributed by atoms with E-state index in [0.29, 0.717) is 24.8 Å². The Balaban J connectivity index is 1.49. The van der Waals surface area contributed by atoms with Crippen molar-refractivity contribution in [2.75, 3.05) is 13.1 Å². The number of urea groups is 1. The zero-order chi connectivity index (χ0) is 20.5. The third kappa shape index (κ3) is 3.77. The summed E-state index contributed by atoms with van der Waals surface area (Å²) in [4.78, 5) is 22.4. The second-order valence-electron chi connectivity index (χ2n) is 7.95. The molecular formula is C22H27N5O2. The highest BCUT2D eigenvalue weighted by Gasteiger charge is 2.27. The molecule has 1 aliphatic heterocycles. The first-order valence-electron chi connectivity index (χ1n) is 10.1. The number of fused-ring (bicyclic) bond motifs is 1. The van der Waals surface area contributed by atoms with Crippen molar-refractivity contribution < 1.29 is 9.32 Å². The molecule has 4 rings (SSSR count). The number of carbonyl (C=O) groups excluding carboxylic acids is 1. The van der Waals surface area contributed by atoms with E-state index in [1.165, 1.54) is 22.2 Å². The SMILES string of the molecule is Cc1noc(C(NC(=O)N2CC=C(c3c(C)[nH]c4ccccc34)CC2)C(C)C)n1. The zero-order valence-electron chi connectivity index (χ0n) is 17.3. The van der Waals surface area contributed by atoms with Gasteiger partial charge in [0.2, 0.25) is 5.89 Å². The topological polar surface area (TPSA) is 87.0 Å². The highest BCUT2D eigenvalue weighted by atomic mass is 16.5. The summed E-state index contributed by atoms with van der Waals surface area (Å²) in [5.74, 6) is 1.16. The van der Waals surface area contributed by atoms with Crippen molar-refractivity contribution in [3.8, 4) is 0 Å². The third-order valence-corrected chi connectivity index (χ3v) is 5.47.